The predicted octanol–water partition coefficient (Wildman–Crippen LogP) is 5.26. The van der Waals surface area contributed by atoms with Crippen LogP contribution in [0.25, 0.3) is 0 Å². The zero-order valence-electron chi connectivity index (χ0n) is 17.2. The van der Waals surface area contributed by atoms with E-state index in [0.29, 0.717) is 17.1 Å². The van der Waals surface area contributed by atoms with Crippen molar-refractivity contribution >= 4 is 6.09 Å². The molecule has 0 aromatic carbocycles. The minimum absolute atomic E-state index is 0.0106. The van der Waals surface area contributed by atoms with Crippen LogP contribution in [0.1, 0.15) is 91.4 Å². The SMILES string of the molecule is CCCCCCCCCCCCC(C)[N+]1(C(=O)OCC)CCNCC1. The molecule has 1 aliphatic heterocycles. The van der Waals surface area contributed by atoms with Crippen LogP contribution in [0.5, 0.6) is 0 Å². The standard InChI is InChI=1S/C21H43N2O2/c1-4-6-7-8-9-10-11-12-13-14-15-20(3)23(21(24)25-5-2)18-16-22-17-19-23/h20,22H,4-19H2,1-3H3/q+1. The van der Waals surface area contributed by atoms with E-state index in [1.165, 1.54) is 64.2 Å². The van der Waals surface area contributed by atoms with E-state index in [0.717, 1.165) is 32.6 Å². The molecule has 0 aromatic heterocycles. The molecule has 1 N–H and O–H groups in total. The summed E-state index contributed by atoms with van der Waals surface area (Å²) in [5.41, 5.74) is 0. The van der Waals surface area contributed by atoms with Crippen LogP contribution in [0.4, 0.5) is 4.79 Å². The molecule has 1 rings (SSSR count). The van der Waals surface area contributed by atoms with Gasteiger partial charge in [0.15, 0.2) is 0 Å². The van der Waals surface area contributed by atoms with Gasteiger partial charge in [0, 0.05) is 13.1 Å². The van der Waals surface area contributed by atoms with Gasteiger partial charge < -0.3 is 10.1 Å². The fourth-order valence-corrected chi connectivity index (χ4v) is 4.02. The molecule has 4 heteroatoms. The normalized spacial score (nSPS) is 18.0. The van der Waals surface area contributed by atoms with Crippen molar-refractivity contribution in [2.75, 3.05) is 32.8 Å². The first-order valence-electron chi connectivity index (χ1n) is 10.9. The maximum Gasteiger partial charge on any atom is 0.516 e. The van der Waals surface area contributed by atoms with Gasteiger partial charge in [0.1, 0.15) is 13.1 Å². The lowest BCUT2D eigenvalue weighted by Gasteiger charge is -2.42. The van der Waals surface area contributed by atoms with Crippen LogP contribution >= 0.6 is 0 Å². The molecule has 0 saturated carbocycles. The van der Waals surface area contributed by atoms with Gasteiger partial charge in [0.25, 0.3) is 0 Å². The monoisotopic (exact) mass is 355 g/mol. The second-order valence-electron chi connectivity index (χ2n) is 7.75. The fraction of sp³-hybridized carbons (Fsp3) is 0.952. The van der Waals surface area contributed by atoms with Crippen molar-refractivity contribution in [2.45, 2.75) is 97.4 Å². The van der Waals surface area contributed by atoms with Crippen molar-refractivity contribution in [1.82, 2.24) is 5.32 Å². The quantitative estimate of drug-likeness (QED) is 0.362. The lowest BCUT2D eigenvalue weighted by Crippen LogP contribution is -2.65. The maximum absolute atomic E-state index is 12.6. The zero-order chi connectivity index (χ0) is 18.4. The molecular formula is C21H43N2O2+. The van der Waals surface area contributed by atoms with Crippen LogP contribution in [0.3, 0.4) is 0 Å². The van der Waals surface area contributed by atoms with Crippen molar-refractivity contribution < 1.29 is 14.0 Å². The Balaban J connectivity index is 2.20. The number of hydrogen-bond acceptors (Lipinski definition) is 3. The van der Waals surface area contributed by atoms with Gasteiger partial charge in [0.2, 0.25) is 0 Å². The van der Waals surface area contributed by atoms with E-state index in [-0.39, 0.29) is 6.09 Å². The summed E-state index contributed by atoms with van der Waals surface area (Å²) >= 11 is 0. The summed E-state index contributed by atoms with van der Waals surface area (Å²) < 4.78 is 5.94. The zero-order valence-corrected chi connectivity index (χ0v) is 17.2. The molecule has 0 aliphatic carbocycles. The highest BCUT2D eigenvalue weighted by Gasteiger charge is 2.44. The lowest BCUT2D eigenvalue weighted by atomic mass is 10.0. The van der Waals surface area contributed by atoms with Crippen molar-refractivity contribution in [3.63, 3.8) is 0 Å². The average molecular weight is 356 g/mol. The van der Waals surface area contributed by atoms with Crippen molar-refractivity contribution in [2.24, 2.45) is 0 Å². The molecule has 1 heterocycles. The molecular weight excluding hydrogens is 312 g/mol. The van der Waals surface area contributed by atoms with Crippen LogP contribution in [-0.2, 0) is 4.74 Å². The summed E-state index contributed by atoms with van der Waals surface area (Å²) in [6.45, 7) is 10.5. The molecule has 0 bridgehead atoms. The molecule has 1 unspecified atom stereocenters. The summed E-state index contributed by atoms with van der Waals surface area (Å²) in [7, 11) is 0. The third kappa shape index (κ3) is 8.08. The molecule has 1 atom stereocenters. The van der Waals surface area contributed by atoms with E-state index >= 15 is 0 Å². The fourth-order valence-electron chi connectivity index (χ4n) is 4.02. The van der Waals surface area contributed by atoms with Gasteiger partial charge in [-0.2, -0.15) is 4.79 Å². The van der Waals surface area contributed by atoms with Gasteiger partial charge in [-0.25, -0.2) is 4.48 Å². The minimum Gasteiger partial charge on any atom is -0.420 e. The van der Waals surface area contributed by atoms with Crippen molar-refractivity contribution in [3.8, 4) is 0 Å². The maximum atomic E-state index is 12.6. The minimum atomic E-state index is -0.0106. The molecule has 1 fully saturated rings. The molecule has 4 nitrogen and oxygen atoms in total. The van der Waals surface area contributed by atoms with Crippen LogP contribution in [0.15, 0.2) is 0 Å². The molecule has 25 heavy (non-hydrogen) atoms. The van der Waals surface area contributed by atoms with Crippen molar-refractivity contribution in [1.29, 1.82) is 0 Å². The number of rotatable bonds is 13. The Hall–Kier alpha value is -0.610. The second-order valence-corrected chi connectivity index (χ2v) is 7.75. The molecule has 1 aliphatic rings. The number of carbonyl (C=O) groups is 1. The predicted molar refractivity (Wildman–Crippen MR) is 106 cm³/mol. The number of amides is 1. The summed E-state index contributed by atoms with van der Waals surface area (Å²) in [6.07, 6.45) is 14.8. The largest absolute Gasteiger partial charge is 0.516 e. The third-order valence-corrected chi connectivity index (χ3v) is 5.83. The highest BCUT2D eigenvalue weighted by Crippen LogP contribution is 2.23. The summed E-state index contributed by atoms with van der Waals surface area (Å²) in [4.78, 5) is 12.6. The molecule has 1 saturated heterocycles. The topological polar surface area (TPSA) is 38.3 Å². The summed E-state index contributed by atoms with van der Waals surface area (Å²) in [5, 5.41) is 3.38. The average Bonchev–Trinajstić information content (AvgIpc) is 2.63. The second kappa shape index (κ2) is 13.6. The first-order chi connectivity index (χ1) is 12.2. The van der Waals surface area contributed by atoms with E-state index in [9.17, 15) is 4.79 Å². The van der Waals surface area contributed by atoms with Crippen LogP contribution in [0, 0.1) is 0 Å². The Morgan fingerprint density at radius 1 is 0.920 bits per heavy atom. The number of ether oxygens (including phenoxy) is 1. The lowest BCUT2D eigenvalue weighted by molar-refractivity contribution is -0.883. The van der Waals surface area contributed by atoms with Gasteiger partial charge in [-0.15, -0.1) is 0 Å². The van der Waals surface area contributed by atoms with E-state index in [1.54, 1.807) is 0 Å². The molecule has 148 valence electrons. The van der Waals surface area contributed by atoms with E-state index in [4.69, 9.17) is 4.74 Å². The highest BCUT2D eigenvalue weighted by atomic mass is 16.6. The summed E-state index contributed by atoms with van der Waals surface area (Å²) in [5.74, 6) is 0. The number of nitrogens with one attached hydrogen (secondary N) is 1. The molecule has 0 spiro atoms. The number of piperazine rings is 1. The number of carbonyl (C=O) groups excluding carboxylic acids is 1. The van der Waals surface area contributed by atoms with E-state index in [1.807, 2.05) is 6.92 Å². The van der Waals surface area contributed by atoms with Crippen LogP contribution in [0.2, 0.25) is 0 Å². The first-order valence-corrected chi connectivity index (χ1v) is 10.9. The van der Waals surface area contributed by atoms with Gasteiger partial charge in [0.05, 0.1) is 12.6 Å². The first kappa shape index (κ1) is 22.4. The number of nitrogens with zero attached hydrogens (tertiary/aromatic N) is 1. The highest BCUT2D eigenvalue weighted by molar-refractivity contribution is 5.60. The summed E-state index contributed by atoms with van der Waals surface area (Å²) in [6, 6.07) is 0.371. The number of unbranched alkanes of at least 4 members (excludes halogenated alkanes) is 9. The number of hydrogen-bond donors (Lipinski definition) is 1. The Morgan fingerprint density at radius 2 is 1.44 bits per heavy atom. The Labute approximate surface area is 156 Å². The van der Waals surface area contributed by atoms with E-state index in [2.05, 4.69) is 19.2 Å². The molecule has 0 radical (unpaired) electrons. The van der Waals surface area contributed by atoms with Gasteiger partial charge in [-0.1, -0.05) is 64.7 Å². The van der Waals surface area contributed by atoms with Crippen LogP contribution < -0.4 is 5.32 Å². The molecule has 1 amide bonds. The van der Waals surface area contributed by atoms with Crippen LogP contribution in [-0.4, -0.2) is 49.4 Å². The Bertz CT molecular complexity index is 341. The van der Waals surface area contributed by atoms with Gasteiger partial charge in [-0.05, 0) is 26.7 Å². The molecule has 0 aromatic rings. The van der Waals surface area contributed by atoms with E-state index < -0.39 is 0 Å². The Kier molecular flexibility index (Phi) is 12.2. The smallest absolute Gasteiger partial charge is 0.420 e. The van der Waals surface area contributed by atoms with Crippen molar-refractivity contribution in [3.05, 3.63) is 0 Å². The number of quaternary nitrogens is 1. The third-order valence-electron chi connectivity index (χ3n) is 5.83. The van der Waals surface area contributed by atoms with Gasteiger partial charge >= 0.3 is 6.09 Å². The Morgan fingerprint density at radius 3 is 1.96 bits per heavy atom. The van der Waals surface area contributed by atoms with Gasteiger partial charge in [-0.3, -0.25) is 0 Å².